The third-order valence-electron chi connectivity index (χ3n) is 4.59. The summed E-state index contributed by atoms with van der Waals surface area (Å²) in [6, 6.07) is 2.89. The van der Waals surface area contributed by atoms with Crippen molar-refractivity contribution >= 4 is 21.6 Å². The Morgan fingerprint density at radius 2 is 2.00 bits per heavy atom. The molecule has 0 aliphatic carbocycles. The molecule has 3 heterocycles. The molecule has 2 aliphatic heterocycles. The summed E-state index contributed by atoms with van der Waals surface area (Å²) in [5.41, 5.74) is 1.24. The number of aromatic nitrogens is 1. The molecule has 0 saturated carbocycles. The van der Waals surface area contributed by atoms with Crippen LogP contribution in [0, 0.1) is 0 Å². The number of anilines is 1. The van der Waals surface area contributed by atoms with Crippen LogP contribution in [0.25, 0.3) is 0 Å². The molecule has 2 fully saturated rings. The lowest BCUT2D eigenvalue weighted by Gasteiger charge is -2.37. The van der Waals surface area contributed by atoms with Gasteiger partial charge in [-0.2, -0.15) is 0 Å². The number of likely N-dealkylation sites (N-methyl/N-ethyl adjacent to an activating group) is 1. The predicted molar refractivity (Wildman–Crippen MR) is 86.2 cm³/mol. The summed E-state index contributed by atoms with van der Waals surface area (Å²) < 4.78 is 1.06. The summed E-state index contributed by atoms with van der Waals surface area (Å²) in [5.74, 6) is 0. The van der Waals surface area contributed by atoms with Crippen molar-refractivity contribution in [2.45, 2.75) is 19.4 Å². The molecular weight excluding hydrogens is 316 g/mol. The van der Waals surface area contributed by atoms with E-state index in [1.165, 1.54) is 44.8 Å². The van der Waals surface area contributed by atoms with Gasteiger partial charge in [0, 0.05) is 56.0 Å². The number of piperazine rings is 1. The van der Waals surface area contributed by atoms with Crippen LogP contribution in [0.15, 0.2) is 22.9 Å². The normalized spacial score (nSPS) is 25.3. The van der Waals surface area contributed by atoms with Crippen molar-refractivity contribution in [2.75, 3.05) is 50.7 Å². The second-order valence-corrected chi connectivity index (χ2v) is 6.64. The molecule has 0 spiro atoms. The quantitative estimate of drug-likeness (QED) is 0.841. The van der Waals surface area contributed by atoms with Gasteiger partial charge in [0.05, 0.1) is 11.9 Å². The first-order valence-corrected chi connectivity index (χ1v) is 8.37. The van der Waals surface area contributed by atoms with Gasteiger partial charge in [-0.05, 0) is 35.0 Å². The molecule has 0 aromatic carbocycles. The fourth-order valence-electron chi connectivity index (χ4n) is 3.29. The Kier molecular flexibility index (Phi) is 4.58. The topological polar surface area (TPSA) is 22.6 Å². The van der Waals surface area contributed by atoms with Gasteiger partial charge in [0.1, 0.15) is 0 Å². The van der Waals surface area contributed by atoms with Gasteiger partial charge in [0.15, 0.2) is 0 Å². The average molecular weight is 339 g/mol. The largest absolute Gasteiger partial charge is 0.369 e. The van der Waals surface area contributed by atoms with Crippen LogP contribution >= 0.6 is 15.9 Å². The Morgan fingerprint density at radius 3 is 2.70 bits per heavy atom. The summed E-state index contributed by atoms with van der Waals surface area (Å²) in [5, 5.41) is 0. The minimum Gasteiger partial charge on any atom is -0.369 e. The first-order valence-electron chi connectivity index (χ1n) is 7.58. The molecule has 0 N–H and O–H groups in total. The van der Waals surface area contributed by atoms with E-state index in [9.17, 15) is 0 Å². The first-order chi connectivity index (χ1) is 9.76. The highest BCUT2D eigenvalue weighted by molar-refractivity contribution is 9.10. The monoisotopic (exact) mass is 338 g/mol. The van der Waals surface area contributed by atoms with Crippen LogP contribution in [0.2, 0.25) is 0 Å². The number of nitrogens with zero attached hydrogens (tertiary/aromatic N) is 4. The molecule has 0 amide bonds. The maximum atomic E-state index is 4.28. The second kappa shape index (κ2) is 6.41. The number of rotatable bonds is 3. The smallest absolute Gasteiger partial charge is 0.0564 e. The van der Waals surface area contributed by atoms with Crippen LogP contribution in [0.5, 0.6) is 0 Å². The van der Waals surface area contributed by atoms with E-state index in [0.29, 0.717) is 6.04 Å². The van der Waals surface area contributed by atoms with Crippen LogP contribution in [0.1, 0.15) is 13.3 Å². The lowest BCUT2D eigenvalue weighted by atomic mass is 10.2. The fraction of sp³-hybridized carbons (Fsp3) is 0.667. The highest BCUT2D eigenvalue weighted by atomic mass is 79.9. The molecule has 1 aromatic heterocycles. The van der Waals surface area contributed by atoms with Crippen molar-refractivity contribution in [1.82, 2.24) is 14.8 Å². The predicted octanol–water partition coefficient (Wildman–Crippen LogP) is 2.06. The molecular formula is C15H23BrN4. The van der Waals surface area contributed by atoms with Crippen molar-refractivity contribution in [3.8, 4) is 0 Å². The van der Waals surface area contributed by atoms with Crippen LogP contribution in [-0.2, 0) is 0 Å². The summed E-state index contributed by atoms with van der Waals surface area (Å²) in [7, 11) is 0. The highest BCUT2D eigenvalue weighted by Crippen LogP contribution is 2.25. The minimum atomic E-state index is 0.716. The molecule has 0 bridgehead atoms. The van der Waals surface area contributed by atoms with E-state index in [0.717, 1.165) is 17.6 Å². The number of hydrogen-bond donors (Lipinski definition) is 0. The lowest BCUT2D eigenvalue weighted by molar-refractivity contribution is 0.107. The Balaban J connectivity index is 1.57. The molecule has 4 nitrogen and oxygen atoms in total. The SMILES string of the molecule is CCN1CCN(C2CCN(c3cncc(Br)c3)C2)CC1. The first kappa shape index (κ1) is 14.3. The van der Waals surface area contributed by atoms with Crippen molar-refractivity contribution < 1.29 is 0 Å². The third kappa shape index (κ3) is 3.15. The molecule has 110 valence electrons. The zero-order chi connectivity index (χ0) is 13.9. The standard InChI is InChI=1S/C15H23BrN4/c1-2-18-5-7-19(8-6-18)14-3-4-20(12-14)15-9-13(16)10-17-11-15/h9-11,14H,2-8,12H2,1H3. The van der Waals surface area contributed by atoms with Crippen LogP contribution < -0.4 is 4.90 Å². The van der Waals surface area contributed by atoms with Crippen molar-refractivity contribution in [3.63, 3.8) is 0 Å². The van der Waals surface area contributed by atoms with Gasteiger partial charge in [-0.3, -0.25) is 9.88 Å². The Hall–Kier alpha value is -0.650. The molecule has 20 heavy (non-hydrogen) atoms. The van der Waals surface area contributed by atoms with E-state index in [4.69, 9.17) is 0 Å². The van der Waals surface area contributed by atoms with Gasteiger partial charge < -0.3 is 9.80 Å². The number of pyridine rings is 1. The summed E-state index contributed by atoms with van der Waals surface area (Å²) >= 11 is 3.51. The van der Waals surface area contributed by atoms with E-state index in [-0.39, 0.29) is 0 Å². The molecule has 3 rings (SSSR count). The maximum absolute atomic E-state index is 4.28. The maximum Gasteiger partial charge on any atom is 0.0564 e. The molecule has 2 saturated heterocycles. The zero-order valence-corrected chi connectivity index (χ0v) is 13.7. The molecule has 2 aliphatic rings. The highest BCUT2D eigenvalue weighted by Gasteiger charge is 2.29. The van der Waals surface area contributed by atoms with Crippen molar-refractivity contribution in [2.24, 2.45) is 0 Å². The fourth-order valence-corrected chi connectivity index (χ4v) is 3.65. The Labute approximate surface area is 129 Å². The van der Waals surface area contributed by atoms with Crippen LogP contribution in [0.4, 0.5) is 5.69 Å². The minimum absolute atomic E-state index is 0.716. The van der Waals surface area contributed by atoms with Crippen molar-refractivity contribution in [1.29, 1.82) is 0 Å². The van der Waals surface area contributed by atoms with Crippen LogP contribution in [-0.4, -0.2) is 66.6 Å². The van der Waals surface area contributed by atoms with Crippen LogP contribution in [0.3, 0.4) is 0 Å². The summed E-state index contributed by atoms with van der Waals surface area (Å²) in [6.07, 6.45) is 5.10. The van der Waals surface area contributed by atoms with E-state index < -0.39 is 0 Å². The van der Waals surface area contributed by atoms with E-state index in [1.807, 2.05) is 12.4 Å². The van der Waals surface area contributed by atoms with Gasteiger partial charge in [-0.15, -0.1) is 0 Å². The Bertz CT molecular complexity index is 445. The average Bonchev–Trinajstić information content (AvgIpc) is 2.97. The van der Waals surface area contributed by atoms with Gasteiger partial charge in [-0.1, -0.05) is 6.92 Å². The van der Waals surface area contributed by atoms with E-state index >= 15 is 0 Å². The molecule has 1 unspecified atom stereocenters. The number of hydrogen-bond acceptors (Lipinski definition) is 4. The molecule has 5 heteroatoms. The van der Waals surface area contributed by atoms with E-state index in [2.05, 4.69) is 48.6 Å². The van der Waals surface area contributed by atoms with Gasteiger partial charge in [0.2, 0.25) is 0 Å². The van der Waals surface area contributed by atoms with Gasteiger partial charge >= 0.3 is 0 Å². The van der Waals surface area contributed by atoms with Gasteiger partial charge in [-0.25, -0.2) is 0 Å². The lowest BCUT2D eigenvalue weighted by Crippen LogP contribution is -2.50. The molecule has 1 atom stereocenters. The van der Waals surface area contributed by atoms with Crippen molar-refractivity contribution in [3.05, 3.63) is 22.9 Å². The number of halogens is 1. The third-order valence-corrected chi connectivity index (χ3v) is 5.02. The molecule has 0 radical (unpaired) electrons. The van der Waals surface area contributed by atoms with Gasteiger partial charge in [0.25, 0.3) is 0 Å². The molecule has 1 aromatic rings. The second-order valence-electron chi connectivity index (χ2n) is 5.72. The van der Waals surface area contributed by atoms with E-state index in [1.54, 1.807) is 0 Å². The summed E-state index contributed by atoms with van der Waals surface area (Å²) in [4.78, 5) is 12.0. The Morgan fingerprint density at radius 1 is 1.20 bits per heavy atom. The zero-order valence-electron chi connectivity index (χ0n) is 12.1. The summed E-state index contributed by atoms with van der Waals surface area (Å²) in [6.45, 7) is 10.6.